The molecule has 2 aromatic carbocycles. The number of aromatic nitrogens is 3. The lowest BCUT2D eigenvalue weighted by Gasteiger charge is -2.14. The highest BCUT2D eigenvalue weighted by Crippen LogP contribution is 2.30. The van der Waals surface area contributed by atoms with Gasteiger partial charge in [-0.05, 0) is 60.7 Å². The predicted molar refractivity (Wildman–Crippen MR) is 117 cm³/mol. The van der Waals surface area contributed by atoms with Gasteiger partial charge in [0.25, 0.3) is 5.56 Å². The molecule has 0 spiro atoms. The lowest BCUT2D eigenvalue weighted by molar-refractivity contribution is -0.137. The Kier molecular flexibility index (Phi) is 6.03. The molecule has 0 saturated carbocycles. The second-order valence-corrected chi connectivity index (χ2v) is 8.05. The summed E-state index contributed by atoms with van der Waals surface area (Å²) in [5.74, 6) is -0.258. The van der Waals surface area contributed by atoms with Crippen molar-refractivity contribution < 1.29 is 18.0 Å². The topological polar surface area (TPSA) is 64.8 Å². The zero-order chi connectivity index (χ0) is 22.9. The van der Waals surface area contributed by atoms with Gasteiger partial charge in [0.05, 0.1) is 22.5 Å². The van der Waals surface area contributed by atoms with E-state index in [1.54, 1.807) is 36.4 Å². The van der Waals surface area contributed by atoms with E-state index < -0.39 is 17.3 Å². The highest BCUT2D eigenvalue weighted by atomic mass is 35.5. The Morgan fingerprint density at radius 2 is 1.72 bits per heavy atom. The van der Waals surface area contributed by atoms with Gasteiger partial charge in [0.1, 0.15) is 0 Å². The first kappa shape index (κ1) is 22.0. The number of pyridine rings is 1. The molecule has 0 amide bonds. The Balaban J connectivity index is 1.75. The average molecular weight is 476 g/mol. The number of halogens is 4. The van der Waals surface area contributed by atoms with E-state index in [0.29, 0.717) is 16.1 Å². The van der Waals surface area contributed by atoms with E-state index in [4.69, 9.17) is 11.6 Å². The normalized spacial score (nSPS) is 11.6. The molecule has 0 saturated heterocycles. The average Bonchev–Trinajstić information content (AvgIpc) is 2.77. The number of nitrogens with zero attached hydrogens (tertiary/aromatic N) is 3. The summed E-state index contributed by atoms with van der Waals surface area (Å²) >= 11 is 6.86. The van der Waals surface area contributed by atoms with Crippen LogP contribution in [-0.4, -0.2) is 26.1 Å². The van der Waals surface area contributed by atoms with Gasteiger partial charge in [0.15, 0.2) is 16.5 Å². The third kappa shape index (κ3) is 4.53. The first-order chi connectivity index (χ1) is 15.2. The molecule has 0 unspecified atom stereocenters. The minimum Gasteiger partial charge on any atom is -0.293 e. The van der Waals surface area contributed by atoms with E-state index in [1.165, 1.54) is 18.3 Å². The summed E-state index contributed by atoms with van der Waals surface area (Å²) in [5.41, 5.74) is -0.370. The zero-order valence-electron chi connectivity index (χ0n) is 16.1. The van der Waals surface area contributed by atoms with Crippen molar-refractivity contribution in [3.05, 3.63) is 93.4 Å². The van der Waals surface area contributed by atoms with Gasteiger partial charge in [-0.3, -0.25) is 14.2 Å². The molecule has 0 fully saturated rings. The Hall–Kier alpha value is -3.17. The van der Waals surface area contributed by atoms with Gasteiger partial charge in [-0.1, -0.05) is 23.4 Å². The standard InChI is InChI=1S/C22H13ClF3N3O2S/c23-15-7-3-13(4-8-15)18(30)12-32-21-28-17-2-1-11-27-19(17)20(31)29(21)16-9-5-14(6-10-16)22(24,25)26/h1-11H,12H2. The summed E-state index contributed by atoms with van der Waals surface area (Å²) in [7, 11) is 0. The van der Waals surface area contributed by atoms with Crippen LogP contribution in [0.25, 0.3) is 16.7 Å². The minimum atomic E-state index is -4.50. The van der Waals surface area contributed by atoms with Crippen molar-refractivity contribution >= 4 is 40.2 Å². The van der Waals surface area contributed by atoms with Crippen LogP contribution in [-0.2, 0) is 6.18 Å². The number of benzene rings is 2. The molecule has 4 aromatic rings. The molecule has 0 atom stereocenters. The molecule has 4 rings (SSSR count). The highest BCUT2D eigenvalue weighted by Gasteiger charge is 2.30. The summed E-state index contributed by atoms with van der Waals surface area (Å²) < 4.78 is 40.0. The van der Waals surface area contributed by atoms with Crippen molar-refractivity contribution in [3.63, 3.8) is 0 Å². The first-order valence-corrected chi connectivity index (χ1v) is 10.6. The monoisotopic (exact) mass is 475 g/mol. The van der Waals surface area contributed by atoms with Crippen LogP contribution in [0.3, 0.4) is 0 Å². The zero-order valence-corrected chi connectivity index (χ0v) is 17.7. The number of fused-ring (bicyclic) bond motifs is 1. The molecular formula is C22H13ClF3N3O2S. The van der Waals surface area contributed by atoms with Gasteiger partial charge in [-0.15, -0.1) is 0 Å². The van der Waals surface area contributed by atoms with Crippen LogP contribution in [0.4, 0.5) is 13.2 Å². The second kappa shape index (κ2) is 8.76. The fourth-order valence-electron chi connectivity index (χ4n) is 2.97. The van der Waals surface area contributed by atoms with Gasteiger partial charge in [0, 0.05) is 16.8 Å². The number of alkyl halides is 3. The van der Waals surface area contributed by atoms with Crippen molar-refractivity contribution in [2.45, 2.75) is 11.3 Å². The van der Waals surface area contributed by atoms with Crippen LogP contribution < -0.4 is 5.56 Å². The predicted octanol–water partition coefficient (Wildman–Crippen LogP) is 5.43. The molecular weight excluding hydrogens is 463 g/mol. The van der Waals surface area contributed by atoms with Gasteiger partial charge in [-0.25, -0.2) is 9.97 Å². The summed E-state index contributed by atoms with van der Waals surface area (Å²) in [6.45, 7) is 0. The third-order valence-electron chi connectivity index (χ3n) is 4.55. The number of ketones is 1. The molecule has 0 aliphatic carbocycles. The largest absolute Gasteiger partial charge is 0.416 e. The number of carbonyl (C=O) groups is 1. The molecule has 2 aromatic heterocycles. The van der Waals surface area contributed by atoms with E-state index in [2.05, 4.69) is 9.97 Å². The maximum atomic E-state index is 13.1. The molecule has 0 aliphatic rings. The van der Waals surface area contributed by atoms with Crippen molar-refractivity contribution in [2.24, 2.45) is 0 Å². The van der Waals surface area contributed by atoms with Crippen molar-refractivity contribution in [3.8, 4) is 5.69 Å². The van der Waals surface area contributed by atoms with Gasteiger partial charge in [-0.2, -0.15) is 13.2 Å². The maximum Gasteiger partial charge on any atom is 0.416 e. The summed E-state index contributed by atoms with van der Waals surface area (Å²) in [5, 5.41) is 0.659. The molecule has 0 N–H and O–H groups in total. The maximum absolute atomic E-state index is 13.1. The smallest absolute Gasteiger partial charge is 0.293 e. The van der Waals surface area contributed by atoms with Crippen LogP contribution >= 0.6 is 23.4 Å². The lowest BCUT2D eigenvalue weighted by Crippen LogP contribution is -2.23. The van der Waals surface area contributed by atoms with Gasteiger partial charge in [0.2, 0.25) is 0 Å². The molecule has 5 nitrogen and oxygen atoms in total. The van der Waals surface area contributed by atoms with Crippen LogP contribution in [0, 0.1) is 0 Å². The summed E-state index contributed by atoms with van der Waals surface area (Å²) in [4.78, 5) is 34.2. The Labute approximate surface area is 188 Å². The number of Topliss-reactive ketones (excluding diaryl/α,β-unsaturated/α-hetero) is 1. The fourth-order valence-corrected chi connectivity index (χ4v) is 4.00. The Morgan fingerprint density at radius 3 is 2.38 bits per heavy atom. The van der Waals surface area contributed by atoms with E-state index >= 15 is 0 Å². The van der Waals surface area contributed by atoms with Crippen LogP contribution in [0.1, 0.15) is 15.9 Å². The quantitative estimate of drug-likeness (QED) is 0.219. The summed E-state index contributed by atoms with van der Waals surface area (Å²) in [6, 6.07) is 13.7. The molecule has 0 bridgehead atoms. The molecule has 0 aliphatic heterocycles. The lowest BCUT2D eigenvalue weighted by atomic mass is 10.1. The number of thioether (sulfide) groups is 1. The summed E-state index contributed by atoms with van der Waals surface area (Å²) in [6.07, 6.45) is -3.07. The van der Waals surface area contributed by atoms with Gasteiger partial charge >= 0.3 is 6.18 Å². The number of hydrogen-bond donors (Lipinski definition) is 0. The third-order valence-corrected chi connectivity index (χ3v) is 5.74. The molecule has 2 heterocycles. The second-order valence-electron chi connectivity index (χ2n) is 6.67. The van der Waals surface area contributed by atoms with E-state index in [1.807, 2.05) is 0 Å². The molecule has 0 radical (unpaired) electrons. The van der Waals surface area contributed by atoms with Crippen LogP contribution in [0.5, 0.6) is 0 Å². The van der Waals surface area contributed by atoms with Crippen LogP contribution in [0.2, 0.25) is 5.02 Å². The molecule has 32 heavy (non-hydrogen) atoms. The SMILES string of the molecule is O=C(CSc1nc2cccnc2c(=O)n1-c1ccc(C(F)(F)F)cc1)c1ccc(Cl)cc1. The van der Waals surface area contributed by atoms with E-state index in [9.17, 15) is 22.8 Å². The Bertz CT molecular complexity index is 1350. The number of rotatable bonds is 5. The number of carbonyl (C=O) groups excluding carboxylic acids is 1. The fraction of sp³-hybridized carbons (Fsp3) is 0.0909. The van der Waals surface area contributed by atoms with E-state index in [0.717, 1.165) is 28.5 Å². The minimum absolute atomic E-state index is 0.0412. The van der Waals surface area contributed by atoms with Gasteiger partial charge < -0.3 is 0 Å². The van der Waals surface area contributed by atoms with Crippen molar-refractivity contribution in [2.75, 3.05) is 5.75 Å². The molecule has 162 valence electrons. The van der Waals surface area contributed by atoms with Crippen molar-refractivity contribution in [1.82, 2.24) is 14.5 Å². The Morgan fingerprint density at radius 1 is 1.03 bits per heavy atom. The van der Waals surface area contributed by atoms with Crippen molar-refractivity contribution in [1.29, 1.82) is 0 Å². The molecule has 10 heteroatoms. The highest BCUT2D eigenvalue weighted by molar-refractivity contribution is 7.99. The first-order valence-electron chi connectivity index (χ1n) is 9.21. The van der Waals surface area contributed by atoms with E-state index in [-0.39, 0.29) is 27.9 Å². The number of hydrogen-bond acceptors (Lipinski definition) is 5. The van der Waals surface area contributed by atoms with Crippen LogP contribution in [0.15, 0.2) is 76.8 Å².